The molecular weight excluding hydrogens is 486 g/mol. The maximum atomic E-state index is 13.6. The van der Waals surface area contributed by atoms with E-state index in [1.165, 1.54) is 25.2 Å². The molecule has 0 unspecified atom stereocenters. The third-order valence-corrected chi connectivity index (χ3v) is 6.69. The first kappa shape index (κ1) is 28.8. The maximum absolute atomic E-state index is 13.6. The molecular formula is C25H35N3O7S. The summed E-state index contributed by atoms with van der Waals surface area (Å²) in [4.78, 5) is 27.8. The quantitative estimate of drug-likeness (QED) is 0.431. The second-order valence-electron chi connectivity index (χ2n) is 8.14. The van der Waals surface area contributed by atoms with Crippen molar-refractivity contribution in [2.75, 3.05) is 45.0 Å². The molecule has 0 saturated heterocycles. The lowest BCUT2D eigenvalue weighted by molar-refractivity contribution is -0.139. The number of sulfonamides is 1. The van der Waals surface area contributed by atoms with Gasteiger partial charge in [0.2, 0.25) is 21.8 Å². The zero-order valence-electron chi connectivity index (χ0n) is 21.6. The third kappa shape index (κ3) is 7.51. The van der Waals surface area contributed by atoms with Crippen LogP contribution in [-0.4, -0.2) is 71.8 Å². The lowest BCUT2D eigenvalue weighted by Gasteiger charge is -2.32. The Morgan fingerprint density at radius 3 is 2.11 bits per heavy atom. The topological polar surface area (TPSA) is 114 Å². The fraction of sp³-hybridized carbons (Fsp3) is 0.440. The monoisotopic (exact) mass is 521 g/mol. The van der Waals surface area contributed by atoms with Crippen LogP contribution in [0.1, 0.15) is 25.8 Å². The second kappa shape index (κ2) is 13.0. The van der Waals surface area contributed by atoms with Crippen molar-refractivity contribution in [3.05, 3.63) is 48.0 Å². The van der Waals surface area contributed by atoms with Crippen LogP contribution in [0.25, 0.3) is 0 Å². The minimum absolute atomic E-state index is 0.0936. The minimum Gasteiger partial charge on any atom is -0.497 e. The van der Waals surface area contributed by atoms with Crippen molar-refractivity contribution in [2.45, 2.75) is 32.9 Å². The van der Waals surface area contributed by atoms with Gasteiger partial charge in [-0.1, -0.05) is 19.1 Å². The summed E-state index contributed by atoms with van der Waals surface area (Å²) in [5.74, 6) is 0.418. The van der Waals surface area contributed by atoms with Gasteiger partial charge >= 0.3 is 0 Å². The van der Waals surface area contributed by atoms with Gasteiger partial charge in [-0.15, -0.1) is 0 Å². The normalized spacial score (nSPS) is 11.8. The molecule has 0 aliphatic rings. The number of carbonyl (C=O) groups is 2. The standard InChI is InChI=1S/C25H35N3O7S/c1-7-14-26-25(30)18(2)27(16-19-8-10-20(33-3)11-9-19)24(29)17-28(36(6,31)32)22-15-21(34-4)12-13-23(22)35-5/h8-13,15,18H,7,14,16-17H2,1-6H3,(H,26,30)/t18-/m0/s1. The molecule has 1 N–H and O–H groups in total. The van der Waals surface area contributed by atoms with Crippen LogP contribution in [0.4, 0.5) is 5.69 Å². The number of carbonyl (C=O) groups excluding carboxylic acids is 2. The van der Waals surface area contributed by atoms with Crippen LogP contribution in [0.2, 0.25) is 0 Å². The van der Waals surface area contributed by atoms with E-state index in [-0.39, 0.29) is 23.9 Å². The Balaban J connectivity index is 2.45. The summed E-state index contributed by atoms with van der Waals surface area (Å²) >= 11 is 0. The van der Waals surface area contributed by atoms with E-state index >= 15 is 0 Å². The number of amides is 2. The van der Waals surface area contributed by atoms with Crippen LogP contribution in [-0.2, 0) is 26.2 Å². The first-order valence-corrected chi connectivity index (χ1v) is 13.3. The summed E-state index contributed by atoms with van der Waals surface area (Å²) in [5.41, 5.74) is 0.907. The molecule has 0 saturated carbocycles. The number of nitrogens with one attached hydrogen (secondary N) is 1. The van der Waals surface area contributed by atoms with E-state index in [0.29, 0.717) is 18.0 Å². The van der Waals surface area contributed by atoms with E-state index in [1.54, 1.807) is 50.4 Å². The van der Waals surface area contributed by atoms with Gasteiger partial charge in [-0.2, -0.15) is 0 Å². The fourth-order valence-corrected chi connectivity index (χ4v) is 4.34. The molecule has 0 bridgehead atoms. The summed E-state index contributed by atoms with van der Waals surface area (Å²) in [5, 5.41) is 2.80. The van der Waals surface area contributed by atoms with Gasteiger partial charge in [-0.3, -0.25) is 13.9 Å². The number of nitrogens with zero attached hydrogens (tertiary/aromatic N) is 2. The van der Waals surface area contributed by atoms with Crippen LogP contribution in [0, 0.1) is 0 Å². The number of rotatable bonds is 13. The molecule has 0 heterocycles. The van der Waals surface area contributed by atoms with Crippen molar-refractivity contribution in [1.29, 1.82) is 0 Å². The first-order valence-electron chi connectivity index (χ1n) is 11.5. The predicted octanol–water partition coefficient (Wildman–Crippen LogP) is 2.42. The van der Waals surface area contributed by atoms with E-state index < -0.39 is 28.5 Å². The molecule has 36 heavy (non-hydrogen) atoms. The summed E-state index contributed by atoms with van der Waals surface area (Å²) in [6, 6.07) is 10.9. The van der Waals surface area contributed by atoms with Crippen LogP contribution < -0.4 is 23.8 Å². The van der Waals surface area contributed by atoms with Gasteiger partial charge in [0.1, 0.15) is 29.8 Å². The molecule has 2 amide bonds. The molecule has 198 valence electrons. The van der Waals surface area contributed by atoms with Crippen molar-refractivity contribution < 1.29 is 32.2 Å². The predicted molar refractivity (Wildman–Crippen MR) is 138 cm³/mol. The lowest BCUT2D eigenvalue weighted by atomic mass is 10.1. The summed E-state index contributed by atoms with van der Waals surface area (Å²) in [7, 11) is 0.500. The second-order valence-corrected chi connectivity index (χ2v) is 10.1. The first-order chi connectivity index (χ1) is 17.0. The van der Waals surface area contributed by atoms with Gasteiger partial charge in [0.05, 0.1) is 33.3 Å². The number of methoxy groups -OCH3 is 3. The maximum Gasteiger partial charge on any atom is 0.244 e. The van der Waals surface area contributed by atoms with Gasteiger partial charge in [-0.25, -0.2) is 8.42 Å². The van der Waals surface area contributed by atoms with E-state index in [2.05, 4.69) is 5.32 Å². The van der Waals surface area contributed by atoms with Gasteiger partial charge in [0, 0.05) is 19.2 Å². The molecule has 0 fully saturated rings. The average molecular weight is 522 g/mol. The molecule has 11 heteroatoms. The van der Waals surface area contributed by atoms with Crippen molar-refractivity contribution in [1.82, 2.24) is 10.2 Å². The molecule has 2 aromatic rings. The van der Waals surface area contributed by atoms with E-state index in [9.17, 15) is 18.0 Å². The highest BCUT2D eigenvalue weighted by molar-refractivity contribution is 7.92. The lowest BCUT2D eigenvalue weighted by Crippen LogP contribution is -2.51. The fourth-order valence-electron chi connectivity index (χ4n) is 3.49. The smallest absolute Gasteiger partial charge is 0.244 e. The van der Waals surface area contributed by atoms with Crippen molar-refractivity contribution >= 4 is 27.5 Å². The molecule has 0 aliphatic carbocycles. The molecule has 1 atom stereocenters. The highest BCUT2D eigenvalue weighted by Gasteiger charge is 2.31. The molecule has 2 rings (SSSR count). The van der Waals surface area contributed by atoms with Crippen LogP contribution in [0.15, 0.2) is 42.5 Å². The molecule has 0 aliphatic heterocycles. The van der Waals surface area contributed by atoms with E-state index in [1.807, 2.05) is 6.92 Å². The molecule has 0 aromatic heterocycles. The largest absolute Gasteiger partial charge is 0.497 e. The zero-order chi connectivity index (χ0) is 26.9. The SMILES string of the molecule is CCCNC(=O)[C@H](C)N(Cc1ccc(OC)cc1)C(=O)CN(c1cc(OC)ccc1OC)S(C)(=O)=O. The zero-order valence-corrected chi connectivity index (χ0v) is 22.4. The van der Waals surface area contributed by atoms with Crippen LogP contribution in [0.5, 0.6) is 17.2 Å². The Bertz CT molecular complexity index is 1140. The Morgan fingerprint density at radius 2 is 1.58 bits per heavy atom. The van der Waals surface area contributed by atoms with E-state index in [4.69, 9.17) is 14.2 Å². The average Bonchev–Trinajstić information content (AvgIpc) is 2.87. The number of anilines is 1. The van der Waals surface area contributed by atoms with Gasteiger partial charge in [0.25, 0.3) is 0 Å². The molecule has 0 spiro atoms. The summed E-state index contributed by atoms with van der Waals surface area (Å²) in [6.45, 7) is 3.56. The summed E-state index contributed by atoms with van der Waals surface area (Å²) < 4.78 is 42.3. The summed E-state index contributed by atoms with van der Waals surface area (Å²) in [6.07, 6.45) is 1.74. The van der Waals surface area contributed by atoms with Gasteiger partial charge in [0.15, 0.2) is 0 Å². The number of ether oxygens (including phenoxy) is 3. The van der Waals surface area contributed by atoms with Crippen LogP contribution in [0.3, 0.4) is 0 Å². The van der Waals surface area contributed by atoms with Gasteiger partial charge in [-0.05, 0) is 43.2 Å². The minimum atomic E-state index is -3.91. The van der Waals surface area contributed by atoms with Crippen molar-refractivity contribution in [3.8, 4) is 17.2 Å². The number of hydrogen-bond acceptors (Lipinski definition) is 7. The number of benzene rings is 2. The highest BCUT2D eigenvalue weighted by atomic mass is 32.2. The third-order valence-electron chi connectivity index (χ3n) is 5.56. The van der Waals surface area contributed by atoms with Crippen molar-refractivity contribution in [3.63, 3.8) is 0 Å². The Hall–Kier alpha value is -3.47. The number of hydrogen-bond donors (Lipinski definition) is 1. The highest BCUT2D eigenvalue weighted by Crippen LogP contribution is 2.34. The van der Waals surface area contributed by atoms with Gasteiger partial charge < -0.3 is 24.4 Å². The molecule has 2 aromatic carbocycles. The Kier molecular flexibility index (Phi) is 10.4. The molecule has 10 nitrogen and oxygen atoms in total. The van der Waals surface area contributed by atoms with E-state index in [0.717, 1.165) is 22.5 Å². The molecule has 0 radical (unpaired) electrons. The van der Waals surface area contributed by atoms with Crippen molar-refractivity contribution in [2.24, 2.45) is 0 Å². The Labute approximate surface area is 213 Å². The Morgan fingerprint density at radius 1 is 0.972 bits per heavy atom. The van der Waals surface area contributed by atoms with Crippen LogP contribution >= 0.6 is 0 Å².